The van der Waals surface area contributed by atoms with Crippen LogP contribution in [0.5, 0.6) is 0 Å². The molecule has 0 radical (unpaired) electrons. The molecule has 0 unspecified atom stereocenters. The molecule has 0 fully saturated rings. The third kappa shape index (κ3) is 2.38. The van der Waals surface area contributed by atoms with Crippen molar-refractivity contribution in [3.8, 4) is 0 Å². The summed E-state index contributed by atoms with van der Waals surface area (Å²) in [6.45, 7) is 2.58. The fourth-order valence-electron chi connectivity index (χ4n) is 1.02. The van der Waals surface area contributed by atoms with E-state index in [9.17, 15) is 8.42 Å². The average molecular weight is 236 g/mol. The number of thioether (sulfide) groups is 1. The standard InChI is InChI=1S/C6H12N4O2S2/c1-3-4-10-5(7)8-14(11,12)9-6(10)13-2/h3-4H2,1-2H3,(H2,7,8). The smallest absolute Gasteiger partial charge is 0.368 e. The van der Waals surface area contributed by atoms with E-state index in [-0.39, 0.29) is 5.96 Å². The first-order valence-electron chi connectivity index (χ1n) is 4.02. The molecular formula is C6H12N4O2S2. The van der Waals surface area contributed by atoms with Gasteiger partial charge in [-0.2, -0.15) is 8.42 Å². The maximum absolute atomic E-state index is 11.1. The summed E-state index contributed by atoms with van der Waals surface area (Å²) < 4.78 is 29.0. The number of rotatable bonds is 2. The van der Waals surface area contributed by atoms with Crippen molar-refractivity contribution in [2.75, 3.05) is 12.8 Å². The number of amidine groups is 1. The van der Waals surface area contributed by atoms with Crippen molar-refractivity contribution in [3.05, 3.63) is 0 Å². The molecule has 0 amide bonds. The van der Waals surface area contributed by atoms with E-state index in [0.717, 1.165) is 6.42 Å². The zero-order chi connectivity index (χ0) is 10.8. The van der Waals surface area contributed by atoms with Gasteiger partial charge in [-0.05, 0) is 12.7 Å². The lowest BCUT2D eigenvalue weighted by molar-refractivity contribution is 0.575. The first kappa shape index (κ1) is 11.3. The lowest BCUT2D eigenvalue weighted by Gasteiger charge is -2.24. The van der Waals surface area contributed by atoms with E-state index in [1.165, 1.54) is 11.8 Å². The molecule has 0 spiro atoms. The van der Waals surface area contributed by atoms with E-state index in [1.807, 2.05) is 6.92 Å². The van der Waals surface area contributed by atoms with Crippen molar-refractivity contribution in [3.63, 3.8) is 0 Å². The molecule has 0 saturated heterocycles. The predicted molar refractivity (Wildman–Crippen MR) is 58.5 cm³/mol. The maximum atomic E-state index is 11.1. The molecule has 6 nitrogen and oxygen atoms in total. The Bertz CT molecular complexity index is 373. The largest absolute Gasteiger partial charge is 0.369 e. The van der Waals surface area contributed by atoms with E-state index >= 15 is 0 Å². The lowest BCUT2D eigenvalue weighted by atomic mass is 10.4. The summed E-state index contributed by atoms with van der Waals surface area (Å²) in [4.78, 5) is 1.59. The topological polar surface area (TPSA) is 88.1 Å². The molecule has 0 atom stereocenters. The van der Waals surface area contributed by atoms with Crippen LogP contribution >= 0.6 is 11.8 Å². The Kier molecular flexibility index (Phi) is 3.38. The van der Waals surface area contributed by atoms with Gasteiger partial charge in [-0.15, -0.1) is 8.80 Å². The summed E-state index contributed by atoms with van der Waals surface area (Å²) in [6, 6.07) is 0. The summed E-state index contributed by atoms with van der Waals surface area (Å²) in [5, 5.41) is 0.374. The molecule has 80 valence electrons. The molecule has 1 aliphatic rings. The van der Waals surface area contributed by atoms with Crippen LogP contribution in [0.15, 0.2) is 8.80 Å². The van der Waals surface area contributed by atoms with Gasteiger partial charge >= 0.3 is 10.2 Å². The summed E-state index contributed by atoms with van der Waals surface area (Å²) >= 11 is 1.24. The van der Waals surface area contributed by atoms with Gasteiger partial charge in [0.15, 0.2) is 5.17 Å². The van der Waals surface area contributed by atoms with Gasteiger partial charge in [-0.3, -0.25) is 4.90 Å². The molecule has 0 aliphatic carbocycles. The monoisotopic (exact) mass is 236 g/mol. The van der Waals surface area contributed by atoms with E-state index in [0.29, 0.717) is 11.7 Å². The van der Waals surface area contributed by atoms with Gasteiger partial charge in [0.2, 0.25) is 5.96 Å². The van der Waals surface area contributed by atoms with Crippen LogP contribution in [0.3, 0.4) is 0 Å². The molecular weight excluding hydrogens is 224 g/mol. The molecule has 1 heterocycles. The van der Waals surface area contributed by atoms with Crippen LogP contribution in [0.2, 0.25) is 0 Å². The van der Waals surface area contributed by atoms with E-state index < -0.39 is 10.2 Å². The van der Waals surface area contributed by atoms with Gasteiger partial charge in [0.05, 0.1) is 0 Å². The molecule has 1 rings (SSSR count). The molecule has 2 N–H and O–H groups in total. The second kappa shape index (κ2) is 4.18. The fraction of sp³-hybridized carbons (Fsp3) is 0.667. The zero-order valence-corrected chi connectivity index (χ0v) is 9.60. The Hall–Kier alpha value is -0.760. The highest BCUT2D eigenvalue weighted by molar-refractivity contribution is 8.13. The molecule has 0 aromatic heterocycles. The van der Waals surface area contributed by atoms with Crippen molar-refractivity contribution in [2.45, 2.75) is 13.3 Å². The van der Waals surface area contributed by atoms with E-state index in [4.69, 9.17) is 5.73 Å². The molecule has 0 aromatic carbocycles. The minimum atomic E-state index is -3.76. The van der Waals surface area contributed by atoms with Gasteiger partial charge < -0.3 is 5.73 Å². The third-order valence-corrected chi connectivity index (χ3v) is 3.15. The lowest BCUT2D eigenvalue weighted by Crippen LogP contribution is -2.44. The van der Waals surface area contributed by atoms with Crippen molar-refractivity contribution < 1.29 is 8.42 Å². The molecule has 1 aliphatic heterocycles. The second-order valence-corrected chi connectivity index (χ2v) is 4.66. The number of hydrogen-bond acceptors (Lipinski definition) is 5. The molecule has 14 heavy (non-hydrogen) atoms. The van der Waals surface area contributed by atoms with Crippen LogP contribution < -0.4 is 5.73 Å². The van der Waals surface area contributed by atoms with Crippen LogP contribution in [0.4, 0.5) is 0 Å². The number of hydrogen-bond donors (Lipinski definition) is 1. The Labute approximate surface area is 87.5 Å². The summed E-state index contributed by atoms with van der Waals surface area (Å²) in [5.41, 5.74) is 5.51. The van der Waals surface area contributed by atoms with Gasteiger partial charge in [0.25, 0.3) is 0 Å². The Morgan fingerprint density at radius 2 is 2.14 bits per heavy atom. The van der Waals surface area contributed by atoms with Crippen molar-refractivity contribution in [1.82, 2.24) is 4.90 Å². The summed E-state index contributed by atoms with van der Waals surface area (Å²) in [5.74, 6) is -0.00815. The summed E-state index contributed by atoms with van der Waals surface area (Å²) in [6.07, 6.45) is 2.59. The van der Waals surface area contributed by atoms with Crippen molar-refractivity contribution >= 4 is 33.1 Å². The van der Waals surface area contributed by atoms with Crippen molar-refractivity contribution in [2.24, 2.45) is 14.5 Å². The van der Waals surface area contributed by atoms with Gasteiger partial charge in [0.1, 0.15) is 0 Å². The van der Waals surface area contributed by atoms with Crippen LogP contribution in [-0.4, -0.2) is 37.2 Å². The highest BCUT2D eigenvalue weighted by Gasteiger charge is 2.24. The van der Waals surface area contributed by atoms with Crippen LogP contribution in [-0.2, 0) is 10.2 Å². The third-order valence-electron chi connectivity index (χ3n) is 1.54. The Balaban J connectivity index is 3.04. The second-order valence-electron chi connectivity index (χ2n) is 2.63. The van der Waals surface area contributed by atoms with Gasteiger partial charge in [-0.1, -0.05) is 18.7 Å². The summed E-state index contributed by atoms with van der Waals surface area (Å²) in [7, 11) is -3.76. The molecule has 8 heteroatoms. The van der Waals surface area contributed by atoms with Gasteiger partial charge in [-0.25, -0.2) is 0 Å². The fourth-order valence-corrected chi connectivity index (χ4v) is 2.67. The minimum absolute atomic E-state index is 0.00815. The van der Waals surface area contributed by atoms with E-state index in [1.54, 1.807) is 11.2 Å². The number of nitrogens with two attached hydrogens (primary N) is 1. The maximum Gasteiger partial charge on any atom is 0.368 e. The first-order chi connectivity index (χ1) is 6.50. The zero-order valence-electron chi connectivity index (χ0n) is 7.97. The Morgan fingerprint density at radius 1 is 1.50 bits per heavy atom. The van der Waals surface area contributed by atoms with Crippen LogP contribution in [0.1, 0.15) is 13.3 Å². The molecule has 0 bridgehead atoms. The first-order valence-corrected chi connectivity index (χ1v) is 6.64. The van der Waals surface area contributed by atoms with Crippen LogP contribution in [0, 0.1) is 0 Å². The number of nitrogens with zero attached hydrogens (tertiary/aromatic N) is 3. The highest BCUT2D eigenvalue weighted by Crippen LogP contribution is 2.14. The normalized spacial score (nSPS) is 20.3. The minimum Gasteiger partial charge on any atom is -0.369 e. The number of guanidine groups is 1. The Morgan fingerprint density at radius 3 is 2.64 bits per heavy atom. The quantitative estimate of drug-likeness (QED) is 0.728. The van der Waals surface area contributed by atoms with Crippen molar-refractivity contribution in [1.29, 1.82) is 0 Å². The average Bonchev–Trinajstić information content (AvgIpc) is 2.08. The van der Waals surface area contributed by atoms with E-state index in [2.05, 4.69) is 8.80 Å². The highest BCUT2D eigenvalue weighted by atomic mass is 32.2. The molecule has 0 saturated carbocycles. The van der Waals surface area contributed by atoms with Crippen LogP contribution in [0.25, 0.3) is 0 Å². The van der Waals surface area contributed by atoms with Gasteiger partial charge in [0, 0.05) is 6.54 Å². The predicted octanol–water partition coefficient (Wildman–Crippen LogP) is -0.00950. The SMILES string of the molecule is CCCN1C(N)=NS(=O)(=O)N=C1SC. The molecule has 0 aromatic rings.